The second-order valence-electron chi connectivity index (χ2n) is 6.23. The van der Waals surface area contributed by atoms with Crippen LogP contribution >= 0.6 is 11.8 Å². The molecule has 1 aliphatic rings. The number of thioether (sulfide) groups is 1. The van der Waals surface area contributed by atoms with Crippen molar-refractivity contribution in [2.75, 3.05) is 31.3 Å². The summed E-state index contributed by atoms with van der Waals surface area (Å²) in [5, 5.41) is 2.94. The monoisotopic (exact) mass is 336 g/mol. The molecule has 1 fully saturated rings. The molecule has 2 rings (SSSR count). The van der Waals surface area contributed by atoms with Crippen molar-refractivity contribution in [3.05, 3.63) is 29.8 Å². The van der Waals surface area contributed by atoms with Gasteiger partial charge in [-0.3, -0.25) is 4.79 Å². The van der Waals surface area contributed by atoms with Crippen LogP contribution in [0.3, 0.4) is 0 Å². The molecule has 2 amide bonds. The fourth-order valence-corrected chi connectivity index (χ4v) is 3.61. The van der Waals surface area contributed by atoms with Gasteiger partial charge >= 0.3 is 12.0 Å². The Morgan fingerprint density at radius 2 is 2.00 bits per heavy atom. The number of aryl methyl sites for hydroxylation is 1. The van der Waals surface area contributed by atoms with Gasteiger partial charge in [0, 0.05) is 35.7 Å². The molecule has 5 nitrogen and oxygen atoms in total. The number of nitrogens with zero attached hydrogens (tertiary/aromatic N) is 1. The summed E-state index contributed by atoms with van der Waals surface area (Å²) >= 11 is 1.90. The molecule has 1 aromatic carbocycles. The minimum atomic E-state index is -0.215. The fourth-order valence-electron chi connectivity index (χ4n) is 2.50. The number of anilines is 1. The first-order valence-electron chi connectivity index (χ1n) is 7.75. The van der Waals surface area contributed by atoms with Crippen LogP contribution in [0.4, 0.5) is 10.5 Å². The lowest BCUT2D eigenvalue weighted by Crippen LogP contribution is -2.47. The standard InChI is InChI=1S/C17H24N2O3S/c1-17(2)12-19(10-11-23-17)16(21)18-14-7-4-13(5-8-14)6-9-15(20)22-3/h4-5,7-8H,6,9-12H2,1-3H3,(H,18,21). The molecule has 0 aromatic heterocycles. The number of benzene rings is 1. The first-order valence-corrected chi connectivity index (χ1v) is 8.74. The number of esters is 1. The Balaban J connectivity index is 1.87. The van der Waals surface area contributed by atoms with Crippen molar-refractivity contribution in [3.63, 3.8) is 0 Å². The van der Waals surface area contributed by atoms with E-state index in [4.69, 9.17) is 0 Å². The second kappa shape index (κ2) is 7.73. The lowest BCUT2D eigenvalue weighted by atomic mass is 10.1. The molecule has 0 saturated carbocycles. The number of amides is 2. The zero-order valence-electron chi connectivity index (χ0n) is 13.9. The van der Waals surface area contributed by atoms with Crippen LogP contribution in [0.1, 0.15) is 25.8 Å². The predicted molar refractivity (Wildman–Crippen MR) is 93.9 cm³/mol. The van der Waals surface area contributed by atoms with Crippen molar-refractivity contribution in [1.29, 1.82) is 0 Å². The Morgan fingerprint density at radius 3 is 2.61 bits per heavy atom. The fraction of sp³-hybridized carbons (Fsp3) is 0.529. The molecule has 0 aliphatic carbocycles. The second-order valence-corrected chi connectivity index (χ2v) is 8.04. The van der Waals surface area contributed by atoms with E-state index in [9.17, 15) is 9.59 Å². The maximum absolute atomic E-state index is 12.3. The zero-order valence-corrected chi connectivity index (χ0v) is 14.7. The Morgan fingerprint density at radius 1 is 1.30 bits per heavy atom. The molecule has 1 aromatic rings. The highest BCUT2D eigenvalue weighted by Gasteiger charge is 2.29. The summed E-state index contributed by atoms with van der Waals surface area (Å²) in [5.41, 5.74) is 1.82. The van der Waals surface area contributed by atoms with Gasteiger partial charge in [-0.25, -0.2) is 4.79 Å². The molecule has 0 atom stereocenters. The number of ether oxygens (including phenoxy) is 1. The van der Waals surface area contributed by atoms with Crippen molar-refractivity contribution in [3.8, 4) is 0 Å². The highest BCUT2D eigenvalue weighted by molar-refractivity contribution is 8.00. The molecule has 0 radical (unpaired) electrons. The quantitative estimate of drug-likeness (QED) is 0.858. The first-order chi connectivity index (χ1) is 10.9. The Bertz CT molecular complexity index is 557. The molecule has 23 heavy (non-hydrogen) atoms. The van der Waals surface area contributed by atoms with Crippen LogP contribution in [0.5, 0.6) is 0 Å². The lowest BCUT2D eigenvalue weighted by molar-refractivity contribution is -0.140. The number of methoxy groups -OCH3 is 1. The predicted octanol–water partition coefficient (Wildman–Crippen LogP) is 3.15. The summed E-state index contributed by atoms with van der Waals surface area (Å²) in [4.78, 5) is 25.3. The Kier molecular flexibility index (Phi) is 5.93. The summed E-state index contributed by atoms with van der Waals surface area (Å²) in [6, 6.07) is 7.53. The maximum Gasteiger partial charge on any atom is 0.321 e. The van der Waals surface area contributed by atoms with Gasteiger partial charge in [-0.2, -0.15) is 11.8 Å². The summed E-state index contributed by atoms with van der Waals surface area (Å²) in [6.45, 7) is 5.85. The van der Waals surface area contributed by atoms with E-state index in [2.05, 4.69) is 23.9 Å². The van der Waals surface area contributed by atoms with E-state index in [1.807, 2.05) is 40.9 Å². The molecule has 1 heterocycles. The van der Waals surface area contributed by atoms with Crippen molar-refractivity contribution < 1.29 is 14.3 Å². The third-order valence-corrected chi connectivity index (χ3v) is 5.06. The van der Waals surface area contributed by atoms with Crippen LogP contribution in [-0.4, -0.2) is 47.6 Å². The summed E-state index contributed by atoms with van der Waals surface area (Å²) in [7, 11) is 1.39. The van der Waals surface area contributed by atoms with E-state index in [1.165, 1.54) is 7.11 Å². The Hall–Kier alpha value is -1.69. The number of hydrogen-bond acceptors (Lipinski definition) is 4. The van der Waals surface area contributed by atoms with E-state index in [-0.39, 0.29) is 16.7 Å². The van der Waals surface area contributed by atoms with Crippen molar-refractivity contribution in [2.45, 2.75) is 31.4 Å². The molecule has 1 aliphatic heterocycles. The van der Waals surface area contributed by atoms with Gasteiger partial charge in [0.2, 0.25) is 0 Å². The number of nitrogens with one attached hydrogen (secondary N) is 1. The molecule has 0 bridgehead atoms. The van der Waals surface area contributed by atoms with E-state index >= 15 is 0 Å². The lowest BCUT2D eigenvalue weighted by Gasteiger charge is -2.37. The Labute approximate surface area is 141 Å². The molecule has 1 N–H and O–H groups in total. The number of carbonyl (C=O) groups excluding carboxylic acids is 2. The van der Waals surface area contributed by atoms with Crippen LogP contribution in [0.25, 0.3) is 0 Å². The molecule has 126 valence electrons. The SMILES string of the molecule is COC(=O)CCc1ccc(NC(=O)N2CCSC(C)(C)C2)cc1. The van der Waals surface area contributed by atoms with E-state index in [0.29, 0.717) is 12.8 Å². The largest absolute Gasteiger partial charge is 0.469 e. The highest BCUT2D eigenvalue weighted by atomic mass is 32.2. The van der Waals surface area contributed by atoms with E-state index in [1.54, 1.807) is 0 Å². The smallest absolute Gasteiger partial charge is 0.321 e. The summed E-state index contributed by atoms with van der Waals surface area (Å²) < 4.78 is 4.73. The first kappa shape index (κ1) is 17.7. The number of rotatable bonds is 4. The molecule has 0 unspecified atom stereocenters. The topological polar surface area (TPSA) is 58.6 Å². The normalized spacial score (nSPS) is 16.7. The van der Waals surface area contributed by atoms with Gasteiger partial charge in [-0.15, -0.1) is 0 Å². The van der Waals surface area contributed by atoms with Crippen LogP contribution in [0.2, 0.25) is 0 Å². The van der Waals surface area contributed by atoms with Crippen LogP contribution in [-0.2, 0) is 16.0 Å². The van der Waals surface area contributed by atoms with Gasteiger partial charge in [0.15, 0.2) is 0 Å². The van der Waals surface area contributed by atoms with Crippen molar-refractivity contribution in [2.24, 2.45) is 0 Å². The number of carbonyl (C=O) groups is 2. The average molecular weight is 336 g/mol. The van der Waals surface area contributed by atoms with Crippen LogP contribution < -0.4 is 5.32 Å². The van der Waals surface area contributed by atoms with Crippen molar-refractivity contribution >= 4 is 29.4 Å². The molecule has 0 spiro atoms. The molecule has 6 heteroatoms. The zero-order chi connectivity index (χ0) is 16.9. The minimum absolute atomic E-state index is 0.0549. The van der Waals surface area contributed by atoms with Gasteiger partial charge in [0.1, 0.15) is 0 Å². The third kappa shape index (κ3) is 5.46. The van der Waals surface area contributed by atoms with Gasteiger partial charge < -0.3 is 15.0 Å². The van der Waals surface area contributed by atoms with Gasteiger partial charge in [0.05, 0.1) is 7.11 Å². The minimum Gasteiger partial charge on any atom is -0.469 e. The third-order valence-electron chi connectivity index (χ3n) is 3.76. The van der Waals surface area contributed by atoms with E-state index < -0.39 is 0 Å². The van der Waals surface area contributed by atoms with Crippen LogP contribution in [0, 0.1) is 0 Å². The molecular formula is C17H24N2O3S. The van der Waals surface area contributed by atoms with Crippen LogP contribution in [0.15, 0.2) is 24.3 Å². The summed E-state index contributed by atoms with van der Waals surface area (Å²) in [5.74, 6) is 0.750. The summed E-state index contributed by atoms with van der Waals surface area (Å²) in [6.07, 6.45) is 1.00. The highest BCUT2D eigenvalue weighted by Crippen LogP contribution is 2.29. The van der Waals surface area contributed by atoms with Gasteiger partial charge in [0.25, 0.3) is 0 Å². The maximum atomic E-state index is 12.3. The number of hydrogen-bond donors (Lipinski definition) is 1. The van der Waals surface area contributed by atoms with Crippen molar-refractivity contribution in [1.82, 2.24) is 4.90 Å². The van der Waals surface area contributed by atoms with E-state index in [0.717, 1.165) is 30.1 Å². The van der Waals surface area contributed by atoms with Gasteiger partial charge in [-0.1, -0.05) is 12.1 Å². The molecule has 1 saturated heterocycles. The number of urea groups is 1. The average Bonchev–Trinajstić information content (AvgIpc) is 2.53. The molecular weight excluding hydrogens is 312 g/mol. The van der Waals surface area contributed by atoms with Gasteiger partial charge in [-0.05, 0) is 38.0 Å².